The maximum absolute atomic E-state index is 11.7. The van der Waals surface area contributed by atoms with Gasteiger partial charge in [0, 0.05) is 24.8 Å². The molecule has 0 bridgehead atoms. The molecule has 0 saturated carbocycles. The standard InChI is InChI=1S/C16H23N3O/c1-12(2)15(17)16(20)18-9-5-10-19-11-8-13-6-3-4-7-14(13)19/h3-4,6-8,11-12,15H,5,9-10,17H2,1-2H3,(H,18,20)/t15-/m1/s1. The first-order valence-electron chi connectivity index (χ1n) is 7.17. The van der Waals surface area contributed by atoms with Crippen molar-refractivity contribution < 1.29 is 4.79 Å². The van der Waals surface area contributed by atoms with Crippen molar-refractivity contribution in [3.05, 3.63) is 36.5 Å². The van der Waals surface area contributed by atoms with E-state index in [1.165, 1.54) is 10.9 Å². The molecule has 2 aromatic rings. The molecule has 4 nitrogen and oxygen atoms in total. The SMILES string of the molecule is CC(C)[C@@H](N)C(=O)NCCCn1ccc2ccccc21. The third-order valence-electron chi connectivity index (χ3n) is 3.58. The Balaban J connectivity index is 1.80. The Morgan fingerprint density at radius 2 is 2.05 bits per heavy atom. The normalized spacial score (nSPS) is 12.8. The van der Waals surface area contributed by atoms with Gasteiger partial charge in [0.2, 0.25) is 5.91 Å². The molecule has 1 amide bonds. The number of benzene rings is 1. The summed E-state index contributed by atoms with van der Waals surface area (Å²) in [5.41, 5.74) is 7.03. The lowest BCUT2D eigenvalue weighted by molar-refractivity contribution is -0.123. The predicted molar refractivity (Wildman–Crippen MR) is 82.4 cm³/mol. The highest BCUT2D eigenvalue weighted by Crippen LogP contribution is 2.15. The lowest BCUT2D eigenvalue weighted by atomic mass is 10.1. The highest BCUT2D eigenvalue weighted by molar-refractivity contribution is 5.81. The first-order chi connectivity index (χ1) is 9.59. The van der Waals surface area contributed by atoms with E-state index in [1.54, 1.807) is 0 Å². The van der Waals surface area contributed by atoms with Gasteiger partial charge in [-0.25, -0.2) is 0 Å². The second kappa shape index (κ2) is 6.57. The van der Waals surface area contributed by atoms with Gasteiger partial charge < -0.3 is 15.6 Å². The van der Waals surface area contributed by atoms with Crippen LogP contribution < -0.4 is 11.1 Å². The summed E-state index contributed by atoms with van der Waals surface area (Å²) in [6, 6.07) is 10.0. The van der Waals surface area contributed by atoms with Crippen LogP contribution in [0.4, 0.5) is 0 Å². The third kappa shape index (κ3) is 3.39. The Morgan fingerprint density at radius 3 is 2.80 bits per heavy atom. The molecule has 108 valence electrons. The zero-order valence-electron chi connectivity index (χ0n) is 12.2. The summed E-state index contributed by atoms with van der Waals surface area (Å²) in [4.78, 5) is 11.7. The van der Waals surface area contributed by atoms with Crippen LogP contribution in [0.2, 0.25) is 0 Å². The predicted octanol–water partition coefficient (Wildman–Crippen LogP) is 2.13. The molecule has 0 fully saturated rings. The van der Waals surface area contributed by atoms with Crippen molar-refractivity contribution in [2.45, 2.75) is 32.9 Å². The number of aromatic nitrogens is 1. The zero-order chi connectivity index (χ0) is 14.5. The van der Waals surface area contributed by atoms with E-state index in [4.69, 9.17) is 5.73 Å². The fraction of sp³-hybridized carbons (Fsp3) is 0.438. The first kappa shape index (κ1) is 14.6. The summed E-state index contributed by atoms with van der Waals surface area (Å²) in [7, 11) is 0. The van der Waals surface area contributed by atoms with E-state index in [0.29, 0.717) is 6.54 Å². The van der Waals surface area contributed by atoms with Crippen molar-refractivity contribution >= 4 is 16.8 Å². The maximum atomic E-state index is 11.7. The Morgan fingerprint density at radius 1 is 1.30 bits per heavy atom. The molecule has 1 aromatic heterocycles. The number of rotatable bonds is 6. The van der Waals surface area contributed by atoms with Crippen molar-refractivity contribution in [2.24, 2.45) is 11.7 Å². The molecule has 2 rings (SSSR count). The van der Waals surface area contributed by atoms with Crippen LogP contribution in [0, 0.1) is 5.92 Å². The number of hydrogen-bond acceptors (Lipinski definition) is 2. The van der Waals surface area contributed by atoms with Gasteiger partial charge in [-0.2, -0.15) is 0 Å². The van der Waals surface area contributed by atoms with Crippen molar-refractivity contribution in [2.75, 3.05) is 6.54 Å². The van der Waals surface area contributed by atoms with E-state index >= 15 is 0 Å². The van der Waals surface area contributed by atoms with Crippen LogP contribution in [0.25, 0.3) is 10.9 Å². The number of aryl methyl sites for hydroxylation is 1. The lowest BCUT2D eigenvalue weighted by Gasteiger charge is -2.15. The average Bonchev–Trinajstić information content (AvgIpc) is 2.85. The molecule has 4 heteroatoms. The minimum Gasteiger partial charge on any atom is -0.355 e. The molecule has 0 unspecified atom stereocenters. The van der Waals surface area contributed by atoms with E-state index < -0.39 is 6.04 Å². The van der Waals surface area contributed by atoms with E-state index in [9.17, 15) is 4.79 Å². The van der Waals surface area contributed by atoms with Crippen molar-refractivity contribution in [1.82, 2.24) is 9.88 Å². The van der Waals surface area contributed by atoms with Crippen LogP contribution >= 0.6 is 0 Å². The lowest BCUT2D eigenvalue weighted by Crippen LogP contribution is -2.44. The quantitative estimate of drug-likeness (QED) is 0.792. The van der Waals surface area contributed by atoms with E-state index in [2.05, 4.69) is 34.3 Å². The molecule has 1 atom stereocenters. The largest absolute Gasteiger partial charge is 0.355 e. The smallest absolute Gasteiger partial charge is 0.237 e. The van der Waals surface area contributed by atoms with Crippen LogP contribution in [0.5, 0.6) is 0 Å². The Hall–Kier alpha value is -1.81. The molecule has 20 heavy (non-hydrogen) atoms. The van der Waals surface area contributed by atoms with E-state index in [1.807, 2.05) is 26.0 Å². The summed E-state index contributed by atoms with van der Waals surface area (Å²) in [6.45, 7) is 5.46. The van der Waals surface area contributed by atoms with E-state index in [0.717, 1.165) is 13.0 Å². The second-order valence-corrected chi connectivity index (χ2v) is 5.48. The van der Waals surface area contributed by atoms with Gasteiger partial charge in [0.15, 0.2) is 0 Å². The maximum Gasteiger partial charge on any atom is 0.237 e. The number of carbonyl (C=O) groups is 1. The van der Waals surface area contributed by atoms with Gasteiger partial charge in [0.1, 0.15) is 0 Å². The number of fused-ring (bicyclic) bond motifs is 1. The monoisotopic (exact) mass is 273 g/mol. The van der Waals surface area contributed by atoms with Crippen LogP contribution in [-0.4, -0.2) is 23.1 Å². The molecular formula is C16H23N3O. The topological polar surface area (TPSA) is 60.1 Å². The fourth-order valence-corrected chi connectivity index (χ4v) is 2.22. The number of nitrogens with two attached hydrogens (primary N) is 1. The number of amides is 1. The van der Waals surface area contributed by atoms with Crippen molar-refractivity contribution in [3.8, 4) is 0 Å². The molecule has 0 aliphatic carbocycles. The van der Waals surface area contributed by atoms with Crippen LogP contribution in [-0.2, 0) is 11.3 Å². The van der Waals surface area contributed by atoms with Crippen molar-refractivity contribution in [3.63, 3.8) is 0 Å². The summed E-state index contributed by atoms with van der Waals surface area (Å²) >= 11 is 0. The minimum absolute atomic E-state index is 0.0580. The van der Waals surface area contributed by atoms with Crippen LogP contribution in [0.1, 0.15) is 20.3 Å². The van der Waals surface area contributed by atoms with E-state index in [-0.39, 0.29) is 11.8 Å². The number of para-hydroxylation sites is 1. The number of carbonyl (C=O) groups excluding carboxylic acids is 1. The van der Waals surface area contributed by atoms with Gasteiger partial charge in [0.05, 0.1) is 6.04 Å². The minimum atomic E-state index is -0.414. The van der Waals surface area contributed by atoms with Crippen molar-refractivity contribution in [1.29, 1.82) is 0 Å². The molecule has 0 aliphatic rings. The zero-order valence-corrected chi connectivity index (χ0v) is 12.2. The molecule has 3 N–H and O–H groups in total. The summed E-state index contributed by atoms with van der Waals surface area (Å²) in [5.74, 6) is 0.112. The molecule has 0 saturated heterocycles. The molecule has 0 radical (unpaired) electrons. The van der Waals surface area contributed by atoms with Gasteiger partial charge in [-0.05, 0) is 29.9 Å². The number of hydrogen-bond donors (Lipinski definition) is 2. The summed E-state index contributed by atoms with van der Waals surface area (Å²) < 4.78 is 2.21. The molecule has 1 heterocycles. The van der Waals surface area contributed by atoms with Gasteiger partial charge in [0.25, 0.3) is 0 Å². The first-order valence-corrected chi connectivity index (χ1v) is 7.17. The van der Waals surface area contributed by atoms with Gasteiger partial charge >= 0.3 is 0 Å². The number of nitrogens with one attached hydrogen (secondary N) is 1. The number of nitrogens with zero attached hydrogens (tertiary/aromatic N) is 1. The van der Waals surface area contributed by atoms with Gasteiger partial charge in [-0.3, -0.25) is 4.79 Å². The van der Waals surface area contributed by atoms with Crippen LogP contribution in [0.15, 0.2) is 36.5 Å². The third-order valence-corrected chi connectivity index (χ3v) is 3.58. The molecule has 1 aromatic carbocycles. The molecular weight excluding hydrogens is 250 g/mol. The van der Waals surface area contributed by atoms with Gasteiger partial charge in [-0.15, -0.1) is 0 Å². The Kier molecular flexibility index (Phi) is 4.79. The molecule has 0 spiro atoms. The summed E-state index contributed by atoms with van der Waals surface area (Å²) in [6.07, 6.45) is 2.99. The van der Waals surface area contributed by atoms with Crippen LogP contribution in [0.3, 0.4) is 0 Å². The fourth-order valence-electron chi connectivity index (χ4n) is 2.22. The Bertz CT molecular complexity index is 574. The average molecular weight is 273 g/mol. The Labute approximate surface area is 120 Å². The second-order valence-electron chi connectivity index (χ2n) is 5.48. The summed E-state index contributed by atoms with van der Waals surface area (Å²) in [5, 5.41) is 4.15. The highest BCUT2D eigenvalue weighted by Gasteiger charge is 2.16. The highest BCUT2D eigenvalue weighted by atomic mass is 16.2. The molecule has 0 aliphatic heterocycles. The van der Waals surface area contributed by atoms with Gasteiger partial charge in [-0.1, -0.05) is 32.0 Å².